The van der Waals surface area contributed by atoms with Crippen molar-refractivity contribution in [3.63, 3.8) is 0 Å². The van der Waals surface area contributed by atoms with E-state index in [1.807, 2.05) is 39.8 Å². The van der Waals surface area contributed by atoms with E-state index in [0.29, 0.717) is 11.3 Å². The minimum atomic E-state index is -0.849. The van der Waals surface area contributed by atoms with Gasteiger partial charge in [-0.25, -0.2) is 0 Å². The van der Waals surface area contributed by atoms with Crippen LogP contribution in [0.2, 0.25) is 0 Å². The van der Waals surface area contributed by atoms with Crippen molar-refractivity contribution in [2.24, 2.45) is 5.41 Å². The first kappa shape index (κ1) is 15.0. The zero-order valence-electron chi connectivity index (χ0n) is 11.8. The van der Waals surface area contributed by atoms with E-state index in [0.717, 1.165) is 5.56 Å². The van der Waals surface area contributed by atoms with E-state index in [-0.39, 0.29) is 17.9 Å². The number of benzene rings is 1. The third-order valence-corrected chi connectivity index (χ3v) is 3.05. The molecule has 102 valence electrons. The summed E-state index contributed by atoms with van der Waals surface area (Å²) in [6.07, 6.45) is 0.0162. The molecule has 4 nitrogen and oxygen atoms in total. The molecule has 2 N–H and O–H groups in total. The second-order valence-electron chi connectivity index (χ2n) is 5.82. The summed E-state index contributed by atoms with van der Waals surface area (Å²) in [4.78, 5) is 11.0. The SMILES string of the molecule is Cc1ccc(C#N)c(NC(CC(=O)O)C(C)(C)C)c1. The summed E-state index contributed by atoms with van der Waals surface area (Å²) in [5.74, 6) is -0.849. The zero-order chi connectivity index (χ0) is 14.6. The maximum atomic E-state index is 11.0. The van der Waals surface area contributed by atoms with Crippen molar-refractivity contribution >= 4 is 11.7 Å². The van der Waals surface area contributed by atoms with Gasteiger partial charge in [-0.1, -0.05) is 26.8 Å². The van der Waals surface area contributed by atoms with Crippen molar-refractivity contribution in [2.45, 2.75) is 40.2 Å². The zero-order valence-corrected chi connectivity index (χ0v) is 11.8. The fraction of sp³-hybridized carbons (Fsp3) is 0.467. The van der Waals surface area contributed by atoms with Gasteiger partial charge in [0.1, 0.15) is 6.07 Å². The summed E-state index contributed by atoms with van der Waals surface area (Å²) in [5, 5.41) is 21.3. The molecule has 0 aliphatic heterocycles. The number of aryl methyl sites for hydroxylation is 1. The number of hydrogen-bond donors (Lipinski definition) is 2. The average Bonchev–Trinajstić information content (AvgIpc) is 2.26. The summed E-state index contributed by atoms with van der Waals surface area (Å²) >= 11 is 0. The molecule has 1 rings (SSSR count). The lowest BCUT2D eigenvalue weighted by molar-refractivity contribution is -0.137. The molecule has 0 amide bonds. The van der Waals surface area contributed by atoms with Gasteiger partial charge < -0.3 is 10.4 Å². The highest BCUT2D eigenvalue weighted by molar-refractivity contribution is 5.69. The monoisotopic (exact) mass is 260 g/mol. The molecule has 0 heterocycles. The van der Waals surface area contributed by atoms with Gasteiger partial charge in [-0.05, 0) is 30.0 Å². The number of carbonyl (C=O) groups is 1. The Morgan fingerprint density at radius 1 is 1.47 bits per heavy atom. The fourth-order valence-electron chi connectivity index (χ4n) is 1.81. The second-order valence-corrected chi connectivity index (χ2v) is 5.82. The molecule has 1 aromatic carbocycles. The van der Waals surface area contributed by atoms with Gasteiger partial charge in [0.15, 0.2) is 0 Å². The molecule has 4 heteroatoms. The van der Waals surface area contributed by atoms with Gasteiger partial charge in [0.25, 0.3) is 0 Å². The maximum absolute atomic E-state index is 11.0. The first-order valence-electron chi connectivity index (χ1n) is 6.23. The molecule has 0 aliphatic carbocycles. The van der Waals surface area contributed by atoms with Crippen molar-refractivity contribution in [3.05, 3.63) is 29.3 Å². The molecule has 0 saturated heterocycles. The van der Waals surface area contributed by atoms with Crippen LogP contribution in [0.15, 0.2) is 18.2 Å². The Balaban J connectivity index is 3.06. The van der Waals surface area contributed by atoms with Gasteiger partial charge in [0.05, 0.1) is 17.7 Å². The van der Waals surface area contributed by atoms with Crippen molar-refractivity contribution < 1.29 is 9.90 Å². The van der Waals surface area contributed by atoms with Gasteiger partial charge >= 0.3 is 5.97 Å². The largest absolute Gasteiger partial charge is 0.481 e. The van der Waals surface area contributed by atoms with E-state index in [4.69, 9.17) is 10.4 Å². The quantitative estimate of drug-likeness (QED) is 0.872. The Bertz CT molecular complexity index is 510. The molecule has 1 atom stereocenters. The highest BCUT2D eigenvalue weighted by Gasteiger charge is 2.27. The molecule has 1 unspecified atom stereocenters. The lowest BCUT2D eigenvalue weighted by Gasteiger charge is -2.31. The molecular formula is C15H20N2O2. The Morgan fingerprint density at radius 2 is 2.11 bits per heavy atom. The summed E-state index contributed by atoms with van der Waals surface area (Å²) in [7, 11) is 0. The van der Waals surface area contributed by atoms with E-state index in [1.165, 1.54) is 0 Å². The molecule has 0 spiro atoms. The van der Waals surface area contributed by atoms with Crippen LogP contribution >= 0.6 is 0 Å². The van der Waals surface area contributed by atoms with Crippen LogP contribution in [-0.4, -0.2) is 17.1 Å². The van der Waals surface area contributed by atoms with E-state index in [1.54, 1.807) is 6.07 Å². The van der Waals surface area contributed by atoms with Crippen molar-refractivity contribution in [3.8, 4) is 6.07 Å². The Kier molecular flexibility index (Phi) is 4.55. The number of nitriles is 1. The summed E-state index contributed by atoms with van der Waals surface area (Å²) in [5.41, 5.74) is 2.05. The number of rotatable bonds is 4. The molecule has 0 fully saturated rings. The third-order valence-electron chi connectivity index (χ3n) is 3.05. The van der Waals surface area contributed by atoms with Crippen molar-refractivity contribution in [2.75, 3.05) is 5.32 Å². The summed E-state index contributed by atoms with van der Waals surface area (Å²) in [6.45, 7) is 7.88. The summed E-state index contributed by atoms with van der Waals surface area (Å²) < 4.78 is 0. The number of carboxylic acid groups (broad SMARTS) is 1. The van der Waals surface area contributed by atoms with E-state index in [2.05, 4.69) is 11.4 Å². The van der Waals surface area contributed by atoms with Gasteiger partial charge in [0, 0.05) is 6.04 Å². The van der Waals surface area contributed by atoms with Crippen LogP contribution in [0.4, 0.5) is 5.69 Å². The standard InChI is InChI=1S/C15H20N2O2/c1-10-5-6-11(9-16)12(7-10)17-13(8-14(18)19)15(2,3)4/h5-7,13,17H,8H2,1-4H3,(H,18,19). The van der Waals surface area contributed by atoms with Crippen LogP contribution in [0, 0.1) is 23.7 Å². The Hall–Kier alpha value is -2.02. The van der Waals surface area contributed by atoms with Crippen molar-refractivity contribution in [1.29, 1.82) is 5.26 Å². The van der Waals surface area contributed by atoms with Gasteiger partial charge in [-0.2, -0.15) is 5.26 Å². The second kappa shape index (κ2) is 5.75. The molecule has 0 bridgehead atoms. The Labute approximate surface area is 114 Å². The number of nitrogens with one attached hydrogen (secondary N) is 1. The molecular weight excluding hydrogens is 240 g/mol. The number of anilines is 1. The first-order valence-corrected chi connectivity index (χ1v) is 6.23. The predicted molar refractivity (Wildman–Crippen MR) is 75.0 cm³/mol. The fourth-order valence-corrected chi connectivity index (χ4v) is 1.81. The number of hydrogen-bond acceptors (Lipinski definition) is 3. The van der Waals surface area contributed by atoms with Gasteiger partial charge in [-0.15, -0.1) is 0 Å². The number of aliphatic carboxylic acids is 1. The number of nitrogens with zero attached hydrogens (tertiary/aromatic N) is 1. The lowest BCUT2D eigenvalue weighted by Crippen LogP contribution is -2.36. The summed E-state index contributed by atoms with van der Waals surface area (Å²) in [6, 6.07) is 7.38. The molecule has 19 heavy (non-hydrogen) atoms. The van der Waals surface area contributed by atoms with E-state index in [9.17, 15) is 4.79 Å². The van der Waals surface area contributed by atoms with Crippen LogP contribution in [0.1, 0.15) is 38.3 Å². The molecule has 0 saturated carbocycles. The highest BCUT2D eigenvalue weighted by Crippen LogP contribution is 2.27. The molecule has 0 radical (unpaired) electrons. The minimum absolute atomic E-state index is 0.0162. The van der Waals surface area contributed by atoms with E-state index >= 15 is 0 Å². The van der Waals surface area contributed by atoms with Crippen molar-refractivity contribution in [1.82, 2.24) is 0 Å². The highest BCUT2D eigenvalue weighted by atomic mass is 16.4. The van der Waals surface area contributed by atoms with Crippen LogP contribution in [0.25, 0.3) is 0 Å². The minimum Gasteiger partial charge on any atom is -0.481 e. The normalized spacial score (nSPS) is 12.6. The molecule has 0 aliphatic rings. The average molecular weight is 260 g/mol. The number of carboxylic acids is 1. The van der Waals surface area contributed by atoms with Crippen LogP contribution in [-0.2, 0) is 4.79 Å². The molecule has 1 aromatic rings. The third kappa shape index (κ3) is 4.29. The Morgan fingerprint density at radius 3 is 2.58 bits per heavy atom. The van der Waals surface area contributed by atoms with Gasteiger partial charge in [0.2, 0.25) is 0 Å². The maximum Gasteiger partial charge on any atom is 0.305 e. The van der Waals surface area contributed by atoms with Gasteiger partial charge in [-0.3, -0.25) is 4.79 Å². The van der Waals surface area contributed by atoms with E-state index < -0.39 is 5.97 Å². The first-order chi connectivity index (χ1) is 8.74. The molecule has 0 aromatic heterocycles. The predicted octanol–water partition coefficient (Wildman–Crippen LogP) is 3.17. The van der Waals surface area contributed by atoms with Crippen LogP contribution < -0.4 is 5.32 Å². The topological polar surface area (TPSA) is 73.1 Å². The smallest absolute Gasteiger partial charge is 0.305 e. The lowest BCUT2D eigenvalue weighted by atomic mass is 9.84. The van der Waals surface area contributed by atoms with Crippen LogP contribution in [0.5, 0.6) is 0 Å². The van der Waals surface area contributed by atoms with Crippen LogP contribution in [0.3, 0.4) is 0 Å².